The molecule has 0 radical (unpaired) electrons. The van der Waals surface area contributed by atoms with Crippen LogP contribution in [0.3, 0.4) is 0 Å². The second kappa shape index (κ2) is 6.22. The number of likely N-dealkylation sites (tertiary alicyclic amines) is 1. The summed E-state index contributed by atoms with van der Waals surface area (Å²) in [6.07, 6.45) is 7.70. The van der Waals surface area contributed by atoms with Crippen molar-refractivity contribution in [3.63, 3.8) is 0 Å². The average Bonchev–Trinajstić information content (AvgIpc) is 3.47. The van der Waals surface area contributed by atoms with E-state index in [4.69, 9.17) is 9.47 Å². The van der Waals surface area contributed by atoms with Gasteiger partial charge in [0.15, 0.2) is 0 Å². The molecule has 1 N–H and O–H groups in total. The Morgan fingerprint density at radius 2 is 2.00 bits per heavy atom. The number of nitrogens with zero attached hydrogens (tertiary/aromatic N) is 1. The number of phenolic OH excluding ortho intramolecular Hbond substituents is 1. The summed E-state index contributed by atoms with van der Waals surface area (Å²) >= 11 is 0. The molecule has 0 aromatic heterocycles. The molecule has 1 heterocycles. The lowest BCUT2D eigenvalue weighted by Crippen LogP contribution is -2.69. The topological polar surface area (TPSA) is 41.9 Å². The smallest absolute Gasteiger partial charge is 0.115 e. The summed E-state index contributed by atoms with van der Waals surface area (Å²) in [6, 6.07) is 6.64. The van der Waals surface area contributed by atoms with E-state index in [-0.39, 0.29) is 17.6 Å². The third kappa shape index (κ3) is 2.45. The van der Waals surface area contributed by atoms with Crippen LogP contribution in [0.2, 0.25) is 0 Å². The molecule has 5 rings (SSSR count). The first-order valence-corrected chi connectivity index (χ1v) is 10.3. The summed E-state index contributed by atoms with van der Waals surface area (Å²) in [5.41, 5.74) is 2.71. The van der Waals surface area contributed by atoms with Gasteiger partial charge in [-0.05, 0) is 73.6 Å². The maximum Gasteiger partial charge on any atom is 0.115 e. The maximum atomic E-state index is 10.3. The van der Waals surface area contributed by atoms with Crippen molar-refractivity contribution in [2.24, 2.45) is 11.8 Å². The van der Waals surface area contributed by atoms with Crippen molar-refractivity contribution in [1.82, 2.24) is 4.90 Å². The van der Waals surface area contributed by atoms with Gasteiger partial charge in [0, 0.05) is 38.8 Å². The Balaban J connectivity index is 1.63. The number of ether oxygens (including phenoxy) is 2. The molecule has 4 aliphatic rings. The third-order valence-corrected chi connectivity index (χ3v) is 7.77. The van der Waals surface area contributed by atoms with Crippen molar-refractivity contribution in [1.29, 1.82) is 0 Å². The van der Waals surface area contributed by atoms with Crippen LogP contribution >= 0.6 is 0 Å². The zero-order valence-electron chi connectivity index (χ0n) is 16.0. The average molecular weight is 357 g/mol. The van der Waals surface area contributed by atoms with Crippen LogP contribution in [0.25, 0.3) is 0 Å². The van der Waals surface area contributed by atoms with Gasteiger partial charge in [-0.25, -0.2) is 0 Å². The van der Waals surface area contributed by atoms with Crippen LogP contribution in [0.5, 0.6) is 5.75 Å². The quantitative estimate of drug-likeness (QED) is 0.899. The zero-order chi connectivity index (χ0) is 17.9. The van der Waals surface area contributed by atoms with E-state index in [1.165, 1.54) is 36.9 Å². The van der Waals surface area contributed by atoms with Gasteiger partial charge in [0.05, 0.1) is 12.2 Å². The van der Waals surface area contributed by atoms with E-state index >= 15 is 0 Å². The van der Waals surface area contributed by atoms with Crippen molar-refractivity contribution in [3.8, 4) is 5.75 Å². The number of methoxy groups -OCH3 is 2. The number of aromatic hydroxyl groups is 1. The van der Waals surface area contributed by atoms with E-state index in [9.17, 15) is 5.11 Å². The number of fused-ring (bicyclic) bond motifs is 1. The van der Waals surface area contributed by atoms with Crippen molar-refractivity contribution in [2.75, 3.05) is 27.3 Å². The van der Waals surface area contributed by atoms with Gasteiger partial charge in [-0.2, -0.15) is 0 Å². The van der Waals surface area contributed by atoms with Crippen LogP contribution in [0.4, 0.5) is 0 Å². The van der Waals surface area contributed by atoms with Crippen molar-refractivity contribution < 1.29 is 14.6 Å². The highest BCUT2D eigenvalue weighted by Crippen LogP contribution is 2.57. The fourth-order valence-corrected chi connectivity index (χ4v) is 6.41. The lowest BCUT2D eigenvalue weighted by atomic mass is 9.50. The second-order valence-electron chi connectivity index (χ2n) is 9.02. The van der Waals surface area contributed by atoms with Crippen LogP contribution in [0.1, 0.15) is 43.2 Å². The van der Waals surface area contributed by atoms with E-state index in [2.05, 4.69) is 11.0 Å². The Morgan fingerprint density at radius 1 is 1.15 bits per heavy atom. The molecule has 3 fully saturated rings. The van der Waals surface area contributed by atoms with E-state index in [0.29, 0.717) is 17.7 Å². The maximum absolute atomic E-state index is 10.3. The van der Waals surface area contributed by atoms with Crippen LogP contribution in [-0.2, 0) is 21.3 Å². The lowest BCUT2D eigenvalue weighted by molar-refractivity contribution is -0.137. The van der Waals surface area contributed by atoms with Gasteiger partial charge in [0.2, 0.25) is 0 Å². The molecule has 1 aliphatic heterocycles. The fraction of sp³-hybridized carbons (Fsp3) is 0.727. The first-order valence-electron chi connectivity index (χ1n) is 10.3. The Bertz CT molecular complexity index is 688. The summed E-state index contributed by atoms with van der Waals surface area (Å²) in [6.45, 7) is 2.25. The third-order valence-electron chi connectivity index (χ3n) is 7.77. The molecule has 2 saturated carbocycles. The molecule has 26 heavy (non-hydrogen) atoms. The molecule has 4 heteroatoms. The first-order chi connectivity index (χ1) is 12.7. The summed E-state index contributed by atoms with van der Waals surface area (Å²) in [5, 5.41) is 10.3. The van der Waals surface area contributed by atoms with Gasteiger partial charge in [-0.1, -0.05) is 6.07 Å². The molecule has 4 nitrogen and oxygen atoms in total. The molecule has 142 valence electrons. The van der Waals surface area contributed by atoms with Gasteiger partial charge in [0.1, 0.15) is 5.75 Å². The largest absolute Gasteiger partial charge is 0.508 e. The summed E-state index contributed by atoms with van der Waals surface area (Å²) in [7, 11) is 3.72. The Labute approximate surface area is 156 Å². The number of hydrogen-bond donors (Lipinski definition) is 1. The van der Waals surface area contributed by atoms with E-state index < -0.39 is 0 Å². The van der Waals surface area contributed by atoms with Crippen LogP contribution in [0.15, 0.2) is 18.2 Å². The van der Waals surface area contributed by atoms with Gasteiger partial charge in [0.25, 0.3) is 0 Å². The highest BCUT2D eigenvalue weighted by molar-refractivity contribution is 5.46. The molecular formula is C22H31NO3. The predicted octanol–water partition coefficient (Wildman–Crippen LogP) is 3.11. The SMILES string of the molecule is COC1CN(CC2CC2)[C@H]2Cc3ccc(O)cc3[C@@]13C[C@H](OC)CC[C@@H]23. The molecule has 0 spiro atoms. The highest BCUT2D eigenvalue weighted by Gasteiger charge is 2.60. The minimum absolute atomic E-state index is 0.0231. The minimum atomic E-state index is -0.0231. The normalized spacial score (nSPS) is 39.3. The molecule has 5 atom stereocenters. The standard InChI is InChI=1S/C22H31NO3/c1-25-17-7-8-18-20-9-15-5-6-16(24)10-19(15)22(18,11-17)21(26-2)13-23(20)12-14-3-4-14/h5-6,10,14,17-18,20-21,24H,3-4,7-9,11-13H2,1-2H3/t17-,18+,20+,21?,22+/m1/s1. The molecule has 1 unspecified atom stereocenters. The molecule has 1 saturated heterocycles. The Morgan fingerprint density at radius 3 is 2.73 bits per heavy atom. The zero-order valence-corrected chi connectivity index (χ0v) is 16.0. The second-order valence-corrected chi connectivity index (χ2v) is 9.02. The van der Waals surface area contributed by atoms with Crippen LogP contribution in [-0.4, -0.2) is 55.6 Å². The lowest BCUT2D eigenvalue weighted by Gasteiger charge is -2.62. The number of benzene rings is 1. The molecule has 3 aliphatic carbocycles. The van der Waals surface area contributed by atoms with Crippen molar-refractivity contribution in [2.45, 2.75) is 62.2 Å². The van der Waals surface area contributed by atoms with Gasteiger partial charge < -0.3 is 14.6 Å². The highest BCUT2D eigenvalue weighted by atomic mass is 16.5. The molecule has 1 aromatic rings. The van der Waals surface area contributed by atoms with Crippen molar-refractivity contribution >= 4 is 0 Å². The summed E-state index contributed by atoms with van der Waals surface area (Å²) in [5.74, 6) is 1.88. The van der Waals surface area contributed by atoms with E-state index in [1.807, 2.05) is 26.4 Å². The van der Waals surface area contributed by atoms with Gasteiger partial charge in [-0.3, -0.25) is 4.90 Å². The monoisotopic (exact) mass is 357 g/mol. The Hall–Kier alpha value is -1.10. The van der Waals surface area contributed by atoms with Crippen LogP contribution in [0, 0.1) is 11.8 Å². The summed E-state index contributed by atoms with van der Waals surface area (Å²) in [4.78, 5) is 2.75. The molecule has 0 amide bonds. The van der Waals surface area contributed by atoms with Gasteiger partial charge in [-0.15, -0.1) is 0 Å². The van der Waals surface area contributed by atoms with Crippen molar-refractivity contribution in [3.05, 3.63) is 29.3 Å². The number of phenols is 1. The fourth-order valence-electron chi connectivity index (χ4n) is 6.41. The first kappa shape index (κ1) is 17.0. The number of piperidine rings is 1. The molecular weight excluding hydrogens is 326 g/mol. The van der Waals surface area contributed by atoms with Gasteiger partial charge >= 0.3 is 0 Å². The van der Waals surface area contributed by atoms with Crippen LogP contribution < -0.4 is 0 Å². The summed E-state index contributed by atoms with van der Waals surface area (Å²) < 4.78 is 12.0. The number of rotatable bonds is 4. The van der Waals surface area contributed by atoms with E-state index in [0.717, 1.165) is 31.7 Å². The minimum Gasteiger partial charge on any atom is -0.508 e. The Kier molecular flexibility index (Phi) is 4.07. The van der Waals surface area contributed by atoms with E-state index in [1.54, 1.807) is 0 Å². The molecule has 2 bridgehead atoms. The number of hydrogen-bond acceptors (Lipinski definition) is 4. The molecule has 1 aromatic carbocycles. The predicted molar refractivity (Wildman–Crippen MR) is 101 cm³/mol.